The summed E-state index contributed by atoms with van der Waals surface area (Å²) in [6.45, 7) is 2.21. The zero-order valence-electron chi connectivity index (χ0n) is 12.9. The van der Waals surface area contributed by atoms with Gasteiger partial charge >= 0.3 is 0 Å². The van der Waals surface area contributed by atoms with Crippen molar-refractivity contribution in [2.24, 2.45) is 0 Å². The first-order valence-electron chi connectivity index (χ1n) is 7.04. The van der Waals surface area contributed by atoms with Gasteiger partial charge in [0, 0.05) is 22.7 Å². The average Bonchev–Trinajstić information content (AvgIpc) is 2.54. The van der Waals surface area contributed by atoms with Crippen molar-refractivity contribution in [1.82, 2.24) is 5.32 Å². The zero-order valence-corrected chi connectivity index (χ0v) is 14.5. The van der Waals surface area contributed by atoms with Gasteiger partial charge in [0.25, 0.3) is 0 Å². The fourth-order valence-corrected chi connectivity index (χ4v) is 2.46. The van der Waals surface area contributed by atoms with Gasteiger partial charge in [0.15, 0.2) is 0 Å². The molecule has 2 aromatic rings. The number of hydrogen-bond donors (Lipinski definition) is 1. The van der Waals surface area contributed by atoms with Gasteiger partial charge in [-0.05, 0) is 48.9 Å². The molecule has 3 nitrogen and oxygen atoms in total. The highest BCUT2D eigenvalue weighted by molar-refractivity contribution is 9.10. The van der Waals surface area contributed by atoms with Crippen molar-refractivity contribution in [3.63, 3.8) is 0 Å². The molecule has 120 valence electrons. The SMILES string of the molecule is COc1ccc(C)cc1C=CC(=O)NCc1cc(F)ccc1Br. The number of carbonyl (C=O) groups excluding carboxylic acids is 1. The molecule has 0 aliphatic rings. The van der Waals surface area contributed by atoms with Crippen LogP contribution in [0.15, 0.2) is 46.9 Å². The third kappa shape index (κ3) is 4.93. The maximum atomic E-state index is 13.2. The van der Waals surface area contributed by atoms with Crippen molar-refractivity contribution < 1.29 is 13.9 Å². The van der Waals surface area contributed by atoms with E-state index in [9.17, 15) is 9.18 Å². The summed E-state index contributed by atoms with van der Waals surface area (Å²) >= 11 is 3.33. The Hall–Kier alpha value is -2.14. The van der Waals surface area contributed by atoms with E-state index in [-0.39, 0.29) is 18.3 Å². The summed E-state index contributed by atoms with van der Waals surface area (Å²) in [5, 5.41) is 2.73. The monoisotopic (exact) mass is 377 g/mol. The molecular weight excluding hydrogens is 361 g/mol. The van der Waals surface area contributed by atoms with E-state index < -0.39 is 0 Å². The van der Waals surface area contributed by atoms with Crippen molar-refractivity contribution in [3.8, 4) is 5.75 Å². The van der Waals surface area contributed by atoms with Crippen LogP contribution in [0.2, 0.25) is 0 Å². The highest BCUT2D eigenvalue weighted by Crippen LogP contribution is 2.21. The lowest BCUT2D eigenvalue weighted by molar-refractivity contribution is -0.116. The third-order valence-electron chi connectivity index (χ3n) is 3.26. The molecule has 2 aromatic carbocycles. The molecule has 23 heavy (non-hydrogen) atoms. The van der Waals surface area contributed by atoms with E-state index in [4.69, 9.17) is 4.74 Å². The summed E-state index contributed by atoms with van der Waals surface area (Å²) in [6, 6.07) is 10.1. The molecule has 2 rings (SSSR count). The molecule has 1 N–H and O–H groups in total. The topological polar surface area (TPSA) is 38.3 Å². The van der Waals surface area contributed by atoms with Crippen LogP contribution in [0.3, 0.4) is 0 Å². The number of nitrogens with one attached hydrogen (secondary N) is 1. The van der Waals surface area contributed by atoms with Gasteiger partial charge < -0.3 is 10.1 Å². The van der Waals surface area contributed by atoms with Gasteiger partial charge in [0.05, 0.1) is 7.11 Å². The number of benzene rings is 2. The minimum atomic E-state index is -0.336. The fourth-order valence-electron chi connectivity index (χ4n) is 2.07. The molecule has 0 heterocycles. The molecule has 0 atom stereocenters. The van der Waals surface area contributed by atoms with Crippen LogP contribution in [0, 0.1) is 12.7 Å². The van der Waals surface area contributed by atoms with Gasteiger partial charge in [-0.1, -0.05) is 27.6 Å². The van der Waals surface area contributed by atoms with Crippen molar-refractivity contribution in [2.45, 2.75) is 13.5 Å². The first kappa shape index (κ1) is 17.2. The van der Waals surface area contributed by atoms with Crippen LogP contribution in [-0.4, -0.2) is 13.0 Å². The van der Waals surface area contributed by atoms with Crippen LogP contribution in [-0.2, 0) is 11.3 Å². The first-order valence-corrected chi connectivity index (χ1v) is 7.83. The van der Waals surface area contributed by atoms with Gasteiger partial charge in [0.1, 0.15) is 11.6 Å². The number of carbonyl (C=O) groups is 1. The predicted molar refractivity (Wildman–Crippen MR) is 92.7 cm³/mol. The lowest BCUT2D eigenvalue weighted by atomic mass is 10.1. The first-order chi connectivity index (χ1) is 11.0. The average molecular weight is 378 g/mol. The molecular formula is C18H17BrFNO2. The van der Waals surface area contributed by atoms with Gasteiger partial charge in [-0.15, -0.1) is 0 Å². The largest absolute Gasteiger partial charge is 0.496 e. The summed E-state index contributed by atoms with van der Waals surface area (Å²) in [7, 11) is 1.59. The molecule has 0 saturated carbocycles. The van der Waals surface area contributed by atoms with Gasteiger partial charge in [-0.25, -0.2) is 4.39 Å². The molecule has 0 aromatic heterocycles. The highest BCUT2D eigenvalue weighted by Gasteiger charge is 2.04. The summed E-state index contributed by atoms with van der Waals surface area (Å²) in [5.41, 5.74) is 2.59. The molecule has 0 bridgehead atoms. The molecule has 0 aliphatic heterocycles. The molecule has 0 radical (unpaired) electrons. The van der Waals surface area contributed by atoms with Gasteiger partial charge in [-0.3, -0.25) is 4.79 Å². The normalized spacial score (nSPS) is 10.8. The molecule has 0 spiro atoms. The van der Waals surface area contributed by atoms with E-state index in [1.165, 1.54) is 18.2 Å². The minimum Gasteiger partial charge on any atom is -0.496 e. The smallest absolute Gasteiger partial charge is 0.244 e. The fraction of sp³-hybridized carbons (Fsp3) is 0.167. The van der Waals surface area contributed by atoms with Crippen molar-refractivity contribution >= 4 is 27.9 Å². The minimum absolute atomic E-state index is 0.243. The maximum Gasteiger partial charge on any atom is 0.244 e. The summed E-state index contributed by atoms with van der Waals surface area (Å²) < 4.78 is 19.2. The molecule has 0 aliphatic carbocycles. The Morgan fingerprint density at radius 3 is 2.83 bits per heavy atom. The van der Waals surface area contributed by atoms with Crippen molar-refractivity contribution in [3.05, 3.63) is 69.5 Å². The van der Waals surface area contributed by atoms with E-state index in [2.05, 4.69) is 21.2 Å². The van der Waals surface area contributed by atoms with E-state index >= 15 is 0 Å². The maximum absolute atomic E-state index is 13.2. The Balaban J connectivity index is 2.02. The van der Waals surface area contributed by atoms with Gasteiger partial charge in [0.2, 0.25) is 5.91 Å². The van der Waals surface area contributed by atoms with Crippen molar-refractivity contribution in [2.75, 3.05) is 7.11 Å². The van der Waals surface area contributed by atoms with E-state index in [1.807, 2.05) is 25.1 Å². The molecule has 0 saturated heterocycles. The molecule has 1 amide bonds. The summed E-state index contributed by atoms with van der Waals surface area (Å²) in [6.07, 6.45) is 3.13. The Morgan fingerprint density at radius 2 is 2.09 bits per heavy atom. The Labute approximate surface area is 143 Å². The summed E-state index contributed by atoms with van der Waals surface area (Å²) in [5.74, 6) is 0.106. The number of ether oxygens (including phenoxy) is 1. The van der Waals surface area contributed by atoms with E-state index in [1.54, 1.807) is 19.3 Å². The molecule has 5 heteroatoms. The molecule has 0 fully saturated rings. The Morgan fingerprint density at radius 1 is 1.30 bits per heavy atom. The summed E-state index contributed by atoms with van der Waals surface area (Å²) in [4.78, 5) is 11.9. The van der Waals surface area contributed by atoms with Crippen LogP contribution in [0.25, 0.3) is 6.08 Å². The zero-order chi connectivity index (χ0) is 16.8. The lowest BCUT2D eigenvalue weighted by Gasteiger charge is -2.07. The number of halogens is 2. The van der Waals surface area contributed by atoms with Crippen LogP contribution in [0.1, 0.15) is 16.7 Å². The standard InChI is InChI=1S/C18H17BrFNO2/c1-12-3-7-17(23-2)13(9-12)4-8-18(22)21-11-14-10-15(20)5-6-16(14)19/h3-10H,11H2,1-2H3,(H,21,22). The number of hydrogen-bond acceptors (Lipinski definition) is 2. The number of amides is 1. The predicted octanol–water partition coefficient (Wildman–Crippen LogP) is 4.23. The second kappa shape index (κ2) is 7.92. The van der Waals surface area contributed by atoms with E-state index in [0.29, 0.717) is 11.3 Å². The molecule has 0 unspecified atom stereocenters. The van der Waals surface area contributed by atoms with Crippen LogP contribution >= 0.6 is 15.9 Å². The van der Waals surface area contributed by atoms with Crippen LogP contribution in [0.4, 0.5) is 4.39 Å². The Bertz CT molecular complexity index is 744. The quantitative estimate of drug-likeness (QED) is 0.791. The van der Waals surface area contributed by atoms with Crippen molar-refractivity contribution in [1.29, 1.82) is 0 Å². The number of aryl methyl sites for hydroxylation is 1. The second-order valence-electron chi connectivity index (χ2n) is 5.03. The highest BCUT2D eigenvalue weighted by atomic mass is 79.9. The number of rotatable bonds is 5. The van der Waals surface area contributed by atoms with Crippen LogP contribution in [0.5, 0.6) is 5.75 Å². The van der Waals surface area contributed by atoms with E-state index in [0.717, 1.165) is 15.6 Å². The Kier molecular flexibility index (Phi) is 5.93. The number of methoxy groups -OCH3 is 1. The van der Waals surface area contributed by atoms with Gasteiger partial charge in [-0.2, -0.15) is 0 Å². The lowest BCUT2D eigenvalue weighted by Crippen LogP contribution is -2.20. The third-order valence-corrected chi connectivity index (χ3v) is 4.03. The second-order valence-corrected chi connectivity index (χ2v) is 5.89. The van der Waals surface area contributed by atoms with Crippen LogP contribution < -0.4 is 10.1 Å².